The number of rotatable bonds is 6. The van der Waals surface area contributed by atoms with E-state index in [0.29, 0.717) is 13.2 Å². The summed E-state index contributed by atoms with van der Waals surface area (Å²) in [5.41, 5.74) is 2.06. The average molecular weight is 435 g/mol. The third kappa shape index (κ3) is 4.71. The zero-order chi connectivity index (χ0) is 15.2. The van der Waals surface area contributed by atoms with Gasteiger partial charge in [-0.25, -0.2) is 0 Å². The Labute approximate surface area is 146 Å². The van der Waals surface area contributed by atoms with E-state index in [1.807, 2.05) is 42.5 Å². The van der Waals surface area contributed by atoms with Gasteiger partial charge in [-0.3, -0.25) is 0 Å². The van der Waals surface area contributed by atoms with E-state index in [4.69, 9.17) is 21.1 Å². The highest BCUT2D eigenvalue weighted by molar-refractivity contribution is 9.10. The lowest BCUT2D eigenvalue weighted by molar-refractivity contribution is 0.146. The Hall–Kier alpha value is -0.550. The van der Waals surface area contributed by atoms with Gasteiger partial charge < -0.3 is 9.47 Å². The fourth-order valence-electron chi connectivity index (χ4n) is 1.88. The summed E-state index contributed by atoms with van der Waals surface area (Å²) in [5.74, 6) is 0.786. The van der Waals surface area contributed by atoms with Gasteiger partial charge in [-0.15, -0.1) is 11.6 Å². The lowest BCUT2D eigenvalue weighted by Gasteiger charge is -2.13. The van der Waals surface area contributed by atoms with Crippen LogP contribution in [-0.4, -0.2) is 20.3 Å². The molecule has 112 valence electrons. The number of methoxy groups -OCH3 is 1. The van der Waals surface area contributed by atoms with E-state index in [1.54, 1.807) is 7.11 Å². The van der Waals surface area contributed by atoms with Crippen molar-refractivity contribution < 1.29 is 9.47 Å². The van der Waals surface area contributed by atoms with Crippen molar-refractivity contribution in [1.82, 2.24) is 0 Å². The molecule has 0 bridgehead atoms. The Morgan fingerprint density at radius 1 is 1.05 bits per heavy atom. The van der Waals surface area contributed by atoms with Crippen LogP contribution in [0.25, 0.3) is 0 Å². The largest absolute Gasteiger partial charge is 0.490 e. The molecule has 0 N–H and O–H groups in total. The Bertz CT molecular complexity index is 605. The summed E-state index contributed by atoms with van der Waals surface area (Å²) in [7, 11) is 1.65. The second-order valence-electron chi connectivity index (χ2n) is 4.45. The first-order valence-corrected chi connectivity index (χ1v) is 8.45. The third-order valence-corrected chi connectivity index (χ3v) is 4.55. The summed E-state index contributed by atoms with van der Waals surface area (Å²) < 4.78 is 12.5. The van der Waals surface area contributed by atoms with Gasteiger partial charge in [0.15, 0.2) is 0 Å². The van der Waals surface area contributed by atoms with Crippen LogP contribution in [0.1, 0.15) is 16.5 Å². The molecule has 21 heavy (non-hydrogen) atoms. The second kappa shape index (κ2) is 8.18. The Balaban J connectivity index is 2.15. The summed E-state index contributed by atoms with van der Waals surface area (Å²) in [6, 6.07) is 13.9. The Morgan fingerprint density at radius 2 is 1.81 bits per heavy atom. The minimum atomic E-state index is -0.202. The molecule has 1 unspecified atom stereocenters. The van der Waals surface area contributed by atoms with Crippen molar-refractivity contribution in [2.24, 2.45) is 0 Å². The molecular formula is C16H15Br2ClO2. The molecule has 1 atom stereocenters. The molecule has 0 radical (unpaired) electrons. The number of alkyl halides is 1. The van der Waals surface area contributed by atoms with E-state index >= 15 is 0 Å². The minimum Gasteiger partial charge on any atom is -0.490 e. The molecule has 2 rings (SSSR count). The van der Waals surface area contributed by atoms with Crippen LogP contribution < -0.4 is 4.74 Å². The highest BCUT2D eigenvalue weighted by Crippen LogP contribution is 2.34. The highest BCUT2D eigenvalue weighted by Gasteiger charge is 2.13. The van der Waals surface area contributed by atoms with Gasteiger partial charge in [-0.1, -0.05) is 34.1 Å². The van der Waals surface area contributed by atoms with Gasteiger partial charge >= 0.3 is 0 Å². The quantitative estimate of drug-likeness (QED) is 0.437. The van der Waals surface area contributed by atoms with Crippen molar-refractivity contribution in [3.63, 3.8) is 0 Å². The number of hydrogen-bond acceptors (Lipinski definition) is 2. The molecule has 0 aliphatic carbocycles. The highest BCUT2D eigenvalue weighted by atomic mass is 79.9. The van der Waals surface area contributed by atoms with E-state index < -0.39 is 0 Å². The molecule has 0 amide bonds. The fraction of sp³-hybridized carbons (Fsp3) is 0.250. The maximum absolute atomic E-state index is 6.55. The molecule has 2 nitrogen and oxygen atoms in total. The van der Waals surface area contributed by atoms with Crippen LogP contribution in [0.15, 0.2) is 51.4 Å². The van der Waals surface area contributed by atoms with E-state index in [-0.39, 0.29) is 5.38 Å². The van der Waals surface area contributed by atoms with Crippen molar-refractivity contribution in [3.8, 4) is 5.75 Å². The van der Waals surface area contributed by atoms with Crippen LogP contribution in [0.5, 0.6) is 5.75 Å². The van der Waals surface area contributed by atoms with Crippen LogP contribution in [0, 0.1) is 0 Å². The molecule has 0 heterocycles. The smallest absolute Gasteiger partial charge is 0.133 e. The number of ether oxygens (including phenoxy) is 2. The van der Waals surface area contributed by atoms with Crippen LogP contribution in [0.2, 0.25) is 0 Å². The Kier molecular flexibility index (Phi) is 6.55. The first-order chi connectivity index (χ1) is 10.1. The molecule has 0 fully saturated rings. The normalized spacial score (nSPS) is 12.2. The second-order valence-corrected chi connectivity index (χ2v) is 6.66. The van der Waals surface area contributed by atoms with Crippen molar-refractivity contribution in [3.05, 3.63) is 62.5 Å². The predicted octanol–water partition coefficient (Wildman–Crippen LogP) is 5.57. The summed E-state index contributed by atoms with van der Waals surface area (Å²) >= 11 is 13.5. The van der Waals surface area contributed by atoms with Crippen molar-refractivity contribution >= 4 is 43.5 Å². The molecule has 0 saturated heterocycles. The number of hydrogen-bond donors (Lipinski definition) is 0. The van der Waals surface area contributed by atoms with E-state index in [2.05, 4.69) is 31.9 Å². The fourth-order valence-corrected chi connectivity index (χ4v) is 3.08. The molecule has 2 aromatic carbocycles. The van der Waals surface area contributed by atoms with Crippen LogP contribution >= 0.6 is 43.5 Å². The summed E-state index contributed by atoms with van der Waals surface area (Å²) in [4.78, 5) is 0. The third-order valence-electron chi connectivity index (χ3n) is 2.93. The molecule has 0 aliphatic heterocycles. The molecule has 0 aromatic heterocycles. The average Bonchev–Trinajstić information content (AvgIpc) is 2.48. The zero-order valence-electron chi connectivity index (χ0n) is 11.5. The number of benzene rings is 2. The van der Waals surface area contributed by atoms with Crippen molar-refractivity contribution in [1.29, 1.82) is 0 Å². The summed E-state index contributed by atoms with van der Waals surface area (Å²) in [5, 5.41) is -0.202. The van der Waals surface area contributed by atoms with Crippen LogP contribution in [0.4, 0.5) is 0 Å². The number of halogens is 3. The predicted molar refractivity (Wildman–Crippen MR) is 93.4 cm³/mol. The molecule has 0 saturated carbocycles. The van der Waals surface area contributed by atoms with Crippen molar-refractivity contribution in [2.75, 3.05) is 20.3 Å². The van der Waals surface area contributed by atoms with E-state index in [9.17, 15) is 0 Å². The van der Waals surface area contributed by atoms with Gasteiger partial charge in [-0.05, 0) is 51.3 Å². The van der Waals surface area contributed by atoms with Gasteiger partial charge in [0.1, 0.15) is 12.4 Å². The van der Waals surface area contributed by atoms with E-state index in [0.717, 1.165) is 25.8 Å². The molecule has 5 heteroatoms. The molecule has 0 aliphatic rings. The summed E-state index contributed by atoms with van der Waals surface area (Å²) in [6.07, 6.45) is 0. The van der Waals surface area contributed by atoms with Gasteiger partial charge in [0.2, 0.25) is 0 Å². The van der Waals surface area contributed by atoms with Gasteiger partial charge in [-0.2, -0.15) is 0 Å². The Morgan fingerprint density at radius 3 is 2.48 bits per heavy atom. The topological polar surface area (TPSA) is 18.5 Å². The van der Waals surface area contributed by atoms with Crippen LogP contribution in [0.3, 0.4) is 0 Å². The standard InChI is InChI=1S/C16H15Br2ClO2/c1-20-7-8-21-15-6-5-12(10-14(15)18)16(19)11-3-2-4-13(17)9-11/h2-6,9-10,16H,7-8H2,1H3. The lowest BCUT2D eigenvalue weighted by atomic mass is 10.0. The first-order valence-electron chi connectivity index (χ1n) is 6.42. The monoisotopic (exact) mass is 432 g/mol. The maximum atomic E-state index is 6.55. The molecular weight excluding hydrogens is 419 g/mol. The zero-order valence-corrected chi connectivity index (χ0v) is 15.4. The van der Waals surface area contributed by atoms with Gasteiger partial charge in [0.25, 0.3) is 0 Å². The van der Waals surface area contributed by atoms with Crippen molar-refractivity contribution in [2.45, 2.75) is 5.38 Å². The SMILES string of the molecule is COCCOc1ccc(C(Cl)c2cccc(Br)c2)cc1Br. The van der Waals surface area contributed by atoms with Gasteiger partial charge in [0.05, 0.1) is 16.5 Å². The first kappa shape index (κ1) is 16.8. The minimum absolute atomic E-state index is 0.202. The molecule has 2 aromatic rings. The maximum Gasteiger partial charge on any atom is 0.133 e. The molecule has 0 spiro atoms. The summed E-state index contributed by atoms with van der Waals surface area (Å²) in [6.45, 7) is 1.08. The lowest BCUT2D eigenvalue weighted by Crippen LogP contribution is -2.05. The van der Waals surface area contributed by atoms with Crippen LogP contribution in [-0.2, 0) is 4.74 Å². The van der Waals surface area contributed by atoms with Gasteiger partial charge in [0, 0.05) is 11.6 Å². The van der Waals surface area contributed by atoms with E-state index in [1.165, 1.54) is 0 Å².